The van der Waals surface area contributed by atoms with Gasteiger partial charge >= 0.3 is 5.92 Å². The summed E-state index contributed by atoms with van der Waals surface area (Å²) in [6, 6.07) is 7.73. The second-order valence-electron chi connectivity index (χ2n) is 9.21. The van der Waals surface area contributed by atoms with Crippen LogP contribution >= 0.6 is 0 Å². The zero-order valence-electron chi connectivity index (χ0n) is 18.8. The second kappa shape index (κ2) is 8.03. The molecule has 174 valence electrons. The third kappa shape index (κ3) is 3.82. The molecule has 1 aliphatic heterocycles. The molecule has 2 unspecified atom stereocenters. The lowest BCUT2D eigenvalue weighted by Crippen LogP contribution is -2.56. The molecule has 2 aromatic rings. The first-order chi connectivity index (χ1) is 15.5. The van der Waals surface area contributed by atoms with Gasteiger partial charge in [0.15, 0.2) is 5.54 Å². The number of aromatic nitrogens is 1. The third-order valence-corrected chi connectivity index (χ3v) is 6.55. The van der Waals surface area contributed by atoms with E-state index >= 15 is 13.2 Å². The number of fused-ring (bicyclic) bond motifs is 1. The number of hydrogen-bond donors (Lipinski definition) is 2. The summed E-state index contributed by atoms with van der Waals surface area (Å²) in [7, 11) is 0. The summed E-state index contributed by atoms with van der Waals surface area (Å²) in [5, 5.41) is 12.4. The summed E-state index contributed by atoms with van der Waals surface area (Å²) < 4.78 is 51.7. The molecule has 0 saturated carbocycles. The van der Waals surface area contributed by atoms with Crippen molar-refractivity contribution in [2.45, 2.75) is 63.1 Å². The molecule has 2 atom stereocenters. The summed E-state index contributed by atoms with van der Waals surface area (Å²) in [6.07, 6.45) is 3.95. The number of rotatable bonds is 3. The zero-order valence-corrected chi connectivity index (χ0v) is 18.8. The molecular formula is C24H26F3N5O. The number of nitrogens with zero attached hydrogens (tertiary/aromatic N) is 3. The highest BCUT2D eigenvalue weighted by molar-refractivity contribution is 5.82. The number of aliphatic imine (C=N–C) groups is 1. The van der Waals surface area contributed by atoms with Crippen LogP contribution in [0.4, 0.5) is 18.9 Å². The number of alkyl halides is 2. The van der Waals surface area contributed by atoms with Gasteiger partial charge in [-0.3, -0.25) is 9.98 Å². The van der Waals surface area contributed by atoms with Crippen molar-refractivity contribution in [3.63, 3.8) is 0 Å². The summed E-state index contributed by atoms with van der Waals surface area (Å²) >= 11 is 0. The summed E-state index contributed by atoms with van der Waals surface area (Å²) in [5.74, 6) is -4.50. The average molecular weight is 458 g/mol. The van der Waals surface area contributed by atoms with Crippen molar-refractivity contribution < 1.29 is 17.9 Å². The second-order valence-corrected chi connectivity index (χ2v) is 9.21. The van der Waals surface area contributed by atoms with Crippen LogP contribution in [-0.2, 0) is 16.7 Å². The largest absolute Gasteiger partial charge is 0.385 e. The molecule has 0 saturated heterocycles. The highest BCUT2D eigenvalue weighted by Gasteiger charge is 2.64. The van der Waals surface area contributed by atoms with Gasteiger partial charge in [-0.1, -0.05) is 0 Å². The molecule has 33 heavy (non-hydrogen) atoms. The minimum atomic E-state index is -3.56. The van der Waals surface area contributed by atoms with Crippen LogP contribution in [0.2, 0.25) is 0 Å². The maximum atomic E-state index is 15.7. The fourth-order valence-electron chi connectivity index (χ4n) is 4.61. The van der Waals surface area contributed by atoms with Gasteiger partial charge in [-0.25, -0.2) is 13.2 Å². The summed E-state index contributed by atoms with van der Waals surface area (Å²) in [5.41, 5.74) is 4.07. The van der Waals surface area contributed by atoms with Crippen molar-refractivity contribution in [1.29, 1.82) is 5.26 Å². The highest BCUT2D eigenvalue weighted by atomic mass is 19.3. The fourth-order valence-corrected chi connectivity index (χ4v) is 4.61. The van der Waals surface area contributed by atoms with Crippen molar-refractivity contribution in [2.75, 3.05) is 11.9 Å². The Hall–Kier alpha value is -3.12. The number of halogens is 3. The quantitative estimate of drug-likeness (QED) is 0.702. The van der Waals surface area contributed by atoms with Crippen LogP contribution in [0.1, 0.15) is 62.0 Å². The van der Waals surface area contributed by atoms with Gasteiger partial charge in [-0.05, 0) is 69.9 Å². The molecule has 1 aliphatic carbocycles. The van der Waals surface area contributed by atoms with E-state index in [1.807, 2.05) is 6.07 Å². The van der Waals surface area contributed by atoms with Crippen LogP contribution in [-0.4, -0.2) is 29.0 Å². The van der Waals surface area contributed by atoms with Crippen molar-refractivity contribution >= 4 is 11.5 Å². The van der Waals surface area contributed by atoms with Gasteiger partial charge in [0.2, 0.25) is 0 Å². The van der Waals surface area contributed by atoms with Gasteiger partial charge in [-0.2, -0.15) is 5.26 Å². The lowest BCUT2D eigenvalue weighted by atomic mass is 9.78. The van der Waals surface area contributed by atoms with E-state index in [9.17, 15) is 0 Å². The molecule has 9 heteroatoms. The standard InChI is InChI=1S/C24H26F3N5O/c1-22(2)24(26,27)23(3,32-20(29)13-33-22)17-10-16(7-8-18(17)25)31-19-6-4-5-15-9-14(11-28)12-30-21(15)19/h7-10,12,19,31H,4-6,13H2,1-3H3,(H2,29,32). The molecule has 1 aromatic heterocycles. The van der Waals surface area contributed by atoms with Crippen molar-refractivity contribution in [1.82, 2.24) is 4.98 Å². The lowest BCUT2D eigenvalue weighted by molar-refractivity contribution is -0.214. The van der Waals surface area contributed by atoms with E-state index < -0.39 is 22.9 Å². The number of nitrogens with one attached hydrogen (secondary N) is 1. The Labute approximate surface area is 190 Å². The first-order valence-electron chi connectivity index (χ1n) is 10.8. The lowest BCUT2D eigenvalue weighted by Gasteiger charge is -2.42. The highest BCUT2D eigenvalue weighted by Crippen LogP contribution is 2.51. The Morgan fingerprint density at radius 1 is 1.24 bits per heavy atom. The monoisotopic (exact) mass is 457 g/mol. The summed E-state index contributed by atoms with van der Waals surface area (Å²) in [4.78, 5) is 8.48. The first-order valence-corrected chi connectivity index (χ1v) is 10.8. The average Bonchev–Trinajstić information content (AvgIpc) is 2.83. The third-order valence-electron chi connectivity index (χ3n) is 6.55. The number of nitriles is 1. The number of pyridine rings is 1. The Morgan fingerprint density at radius 3 is 2.73 bits per heavy atom. The van der Waals surface area contributed by atoms with Gasteiger partial charge in [-0.15, -0.1) is 0 Å². The van der Waals surface area contributed by atoms with E-state index in [-0.39, 0.29) is 24.0 Å². The fraction of sp³-hybridized carbons (Fsp3) is 0.458. The molecule has 6 nitrogen and oxygen atoms in total. The molecular weight excluding hydrogens is 431 g/mol. The van der Waals surface area contributed by atoms with Gasteiger partial charge in [0.1, 0.15) is 29.9 Å². The Kier molecular flexibility index (Phi) is 5.61. The molecule has 2 heterocycles. The molecule has 4 rings (SSSR count). The van der Waals surface area contributed by atoms with E-state index in [0.717, 1.165) is 36.6 Å². The zero-order chi connectivity index (χ0) is 24.0. The Balaban J connectivity index is 1.74. The molecule has 0 fully saturated rings. The maximum Gasteiger partial charge on any atom is 0.304 e. The van der Waals surface area contributed by atoms with E-state index in [1.165, 1.54) is 39.1 Å². The van der Waals surface area contributed by atoms with Crippen LogP contribution in [0.15, 0.2) is 35.5 Å². The van der Waals surface area contributed by atoms with E-state index in [0.29, 0.717) is 11.3 Å². The SMILES string of the molecule is CC1(C)OCC(N)=NC(C)(c2cc(NC3CCCc4cc(C#N)cnc43)ccc2F)C1(F)F. The molecule has 1 aromatic carbocycles. The van der Waals surface area contributed by atoms with E-state index in [4.69, 9.17) is 15.7 Å². The van der Waals surface area contributed by atoms with Crippen LogP contribution in [0, 0.1) is 17.1 Å². The number of benzene rings is 1. The smallest absolute Gasteiger partial charge is 0.304 e. The van der Waals surface area contributed by atoms with Gasteiger partial charge in [0.25, 0.3) is 0 Å². The van der Waals surface area contributed by atoms with Crippen molar-refractivity contribution in [3.05, 3.63) is 58.7 Å². The van der Waals surface area contributed by atoms with Gasteiger partial charge in [0, 0.05) is 17.4 Å². The number of anilines is 1. The Bertz CT molecular complexity index is 1160. The van der Waals surface area contributed by atoms with Crippen LogP contribution in [0.25, 0.3) is 0 Å². The van der Waals surface area contributed by atoms with Crippen LogP contribution in [0.5, 0.6) is 0 Å². The number of aryl methyl sites for hydroxylation is 1. The molecule has 2 aliphatic rings. The van der Waals surface area contributed by atoms with Gasteiger partial charge < -0.3 is 15.8 Å². The predicted octanol–water partition coefficient (Wildman–Crippen LogP) is 4.60. The minimum absolute atomic E-state index is 0.126. The summed E-state index contributed by atoms with van der Waals surface area (Å²) in [6.45, 7) is 3.41. The molecule has 0 radical (unpaired) electrons. The predicted molar refractivity (Wildman–Crippen MR) is 119 cm³/mol. The van der Waals surface area contributed by atoms with Crippen molar-refractivity contribution in [2.24, 2.45) is 10.7 Å². The van der Waals surface area contributed by atoms with Gasteiger partial charge in [0.05, 0.1) is 17.3 Å². The number of ether oxygens (including phenoxy) is 1. The number of hydrogen-bond acceptors (Lipinski definition) is 6. The topological polar surface area (TPSA) is 96.3 Å². The van der Waals surface area contributed by atoms with E-state index in [2.05, 4.69) is 21.4 Å². The first kappa shape index (κ1) is 23.1. The van der Waals surface area contributed by atoms with Crippen LogP contribution < -0.4 is 11.1 Å². The van der Waals surface area contributed by atoms with Crippen molar-refractivity contribution in [3.8, 4) is 6.07 Å². The number of nitrogens with two attached hydrogens (primary N) is 1. The van der Waals surface area contributed by atoms with Crippen LogP contribution in [0.3, 0.4) is 0 Å². The molecule has 0 amide bonds. The molecule has 3 N–H and O–H groups in total. The van der Waals surface area contributed by atoms with E-state index in [1.54, 1.807) is 0 Å². The number of amidine groups is 1. The normalized spacial score (nSPS) is 25.8. The Morgan fingerprint density at radius 2 is 2.00 bits per heavy atom. The maximum absolute atomic E-state index is 15.7. The molecule has 0 bridgehead atoms. The molecule has 0 spiro atoms. The minimum Gasteiger partial charge on any atom is -0.385 e.